The third kappa shape index (κ3) is 3.53. The fourth-order valence-corrected chi connectivity index (χ4v) is 3.44. The number of hydrogen-bond acceptors (Lipinski definition) is 5. The lowest BCUT2D eigenvalue weighted by Crippen LogP contribution is -2.30. The van der Waals surface area contributed by atoms with E-state index in [4.69, 9.17) is 0 Å². The fourth-order valence-electron chi connectivity index (χ4n) is 3.44. The molecule has 7 nitrogen and oxygen atoms in total. The van der Waals surface area contributed by atoms with Crippen LogP contribution in [0.25, 0.3) is 10.8 Å². The number of aryl methyl sites for hydroxylation is 1. The first-order valence-corrected chi connectivity index (χ1v) is 9.09. The van der Waals surface area contributed by atoms with Gasteiger partial charge in [-0.05, 0) is 38.0 Å². The molecule has 138 valence electrons. The Labute approximate surface area is 156 Å². The minimum Gasteiger partial charge on any atom is -0.357 e. The maximum Gasteiger partial charge on any atom is 0.275 e. The van der Waals surface area contributed by atoms with Gasteiger partial charge in [-0.15, -0.1) is 0 Å². The largest absolute Gasteiger partial charge is 0.357 e. The summed E-state index contributed by atoms with van der Waals surface area (Å²) in [6, 6.07) is 11.0. The van der Waals surface area contributed by atoms with Crippen molar-refractivity contribution in [1.82, 2.24) is 14.8 Å². The lowest BCUT2D eigenvalue weighted by atomic mass is 10.1. The summed E-state index contributed by atoms with van der Waals surface area (Å²) in [6.07, 6.45) is 4.02. The molecule has 7 heteroatoms. The molecule has 0 aliphatic carbocycles. The number of amides is 1. The summed E-state index contributed by atoms with van der Waals surface area (Å²) in [5.74, 6) is 0.614. The van der Waals surface area contributed by atoms with Crippen LogP contribution < -0.4 is 15.8 Å². The highest BCUT2D eigenvalue weighted by Gasteiger charge is 2.14. The smallest absolute Gasteiger partial charge is 0.275 e. The molecule has 1 aliphatic rings. The second kappa shape index (κ2) is 7.19. The van der Waals surface area contributed by atoms with Gasteiger partial charge in [0.2, 0.25) is 5.91 Å². The van der Waals surface area contributed by atoms with Crippen LogP contribution in [-0.2, 0) is 11.3 Å². The Balaban J connectivity index is 1.49. The van der Waals surface area contributed by atoms with Crippen LogP contribution >= 0.6 is 0 Å². The number of rotatable bonds is 4. The molecule has 1 saturated heterocycles. The Hall–Kier alpha value is -3.22. The van der Waals surface area contributed by atoms with Gasteiger partial charge < -0.3 is 10.2 Å². The summed E-state index contributed by atoms with van der Waals surface area (Å²) < 4.78 is 1.21. The van der Waals surface area contributed by atoms with Crippen LogP contribution in [0, 0.1) is 6.92 Å². The van der Waals surface area contributed by atoms with Gasteiger partial charge in [0.1, 0.15) is 12.4 Å². The van der Waals surface area contributed by atoms with E-state index in [1.54, 1.807) is 18.3 Å². The minimum absolute atomic E-state index is 0.140. The van der Waals surface area contributed by atoms with Gasteiger partial charge in [-0.1, -0.05) is 18.2 Å². The maximum atomic E-state index is 12.6. The number of nitrogens with zero attached hydrogens (tertiary/aromatic N) is 4. The highest BCUT2D eigenvalue weighted by Crippen LogP contribution is 2.19. The first kappa shape index (κ1) is 17.2. The van der Waals surface area contributed by atoms with Crippen molar-refractivity contribution in [2.75, 3.05) is 23.3 Å². The normalized spacial score (nSPS) is 13.9. The molecule has 0 unspecified atom stereocenters. The molecule has 1 N–H and O–H groups in total. The predicted octanol–water partition coefficient (Wildman–Crippen LogP) is 2.34. The summed E-state index contributed by atoms with van der Waals surface area (Å²) >= 11 is 0. The summed E-state index contributed by atoms with van der Waals surface area (Å²) in [4.78, 5) is 31.6. The second-order valence-corrected chi connectivity index (χ2v) is 6.74. The van der Waals surface area contributed by atoms with E-state index < -0.39 is 0 Å². The van der Waals surface area contributed by atoms with E-state index in [2.05, 4.69) is 20.3 Å². The number of carbonyl (C=O) groups is 1. The summed E-state index contributed by atoms with van der Waals surface area (Å²) in [5, 5.41) is 8.42. The van der Waals surface area contributed by atoms with E-state index in [1.807, 2.05) is 31.2 Å². The number of nitrogens with one attached hydrogen (secondary N) is 1. The predicted molar refractivity (Wildman–Crippen MR) is 105 cm³/mol. The molecule has 0 spiro atoms. The van der Waals surface area contributed by atoms with E-state index in [9.17, 15) is 9.59 Å². The van der Waals surface area contributed by atoms with E-state index in [0.29, 0.717) is 11.1 Å². The molecule has 1 aliphatic heterocycles. The van der Waals surface area contributed by atoms with Crippen LogP contribution in [0.15, 0.2) is 47.4 Å². The number of benzene rings is 1. The molecule has 3 aromatic rings. The zero-order valence-electron chi connectivity index (χ0n) is 15.2. The van der Waals surface area contributed by atoms with Crippen molar-refractivity contribution in [2.24, 2.45) is 0 Å². The lowest BCUT2D eigenvalue weighted by molar-refractivity contribution is -0.117. The molecule has 1 fully saturated rings. The molecule has 4 rings (SSSR count). The summed E-state index contributed by atoms with van der Waals surface area (Å²) in [6.45, 7) is 3.73. The van der Waals surface area contributed by atoms with E-state index in [-0.39, 0.29) is 18.0 Å². The van der Waals surface area contributed by atoms with Crippen molar-refractivity contribution < 1.29 is 4.79 Å². The van der Waals surface area contributed by atoms with Crippen LogP contribution in [0.2, 0.25) is 0 Å². The monoisotopic (exact) mass is 363 g/mol. The first-order valence-electron chi connectivity index (χ1n) is 9.09. The average molecular weight is 363 g/mol. The molecule has 2 aromatic heterocycles. The van der Waals surface area contributed by atoms with Gasteiger partial charge in [0.25, 0.3) is 5.56 Å². The van der Waals surface area contributed by atoms with Crippen molar-refractivity contribution >= 4 is 28.2 Å². The molecule has 1 aromatic carbocycles. The molecule has 0 radical (unpaired) electrons. The second-order valence-electron chi connectivity index (χ2n) is 6.74. The molecular weight excluding hydrogens is 342 g/mol. The van der Waals surface area contributed by atoms with Crippen molar-refractivity contribution in [3.63, 3.8) is 0 Å². The van der Waals surface area contributed by atoms with Gasteiger partial charge in [0.15, 0.2) is 0 Å². The summed E-state index contributed by atoms with van der Waals surface area (Å²) in [5.41, 5.74) is 1.05. The number of pyridine rings is 1. The Bertz CT molecular complexity index is 1040. The Morgan fingerprint density at radius 1 is 1.11 bits per heavy atom. The molecule has 1 amide bonds. The molecule has 0 atom stereocenters. The molecular formula is C20H21N5O2. The zero-order valence-corrected chi connectivity index (χ0v) is 15.2. The van der Waals surface area contributed by atoms with Crippen molar-refractivity contribution in [3.8, 4) is 0 Å². The third-order valence-corrected chi connectivity index (χ3v) is 4.81. The van der Waals surface area contributed by atoms with Gasteiger partial charge >= 0.3 is 0 Å². The van der Waals surface area contributed by atoms with Crippen LogP contribution in [0.1, 0.15) is 18.5 Å². The van der Waals surface area contributed by atoms with Gasteiger partial charge in [0, 0.05) is 18.5 Å². The van der Waals surface area contributed by atoms with E-state index in [1.165, 1.54) is 17.5 Å². The van der Waals surface area contributed by atoms with Crippen LogP contribution in [0.3, 0.4) is 0 Å². The number of fused-ring (bicyclic) bond motifs is 1. The molecule has 0 bridgehead atoms. The van der Waals surface area contributed by atoms with Gasteiger partial charge in [-0.25, -0.2) is 9.67 Å². The Kier molecular flexibility index (Phi) is 4.58. The highest BCUT2D eigenvalue weighted by molar-refractivity contribution is 5.90. The van der Waals surface area contributed by atoms with Gasteiger partial charge in [-0.3, -0.25) is 9.59 Å². The number of hydrogen-bond donors (Lipinski definition) is 1. The van der Waals surface area contributed by atoms with Crippen LogP contribution in [0.4, 0.5) is 11.5 Å². The third-order valence-electron chi connectivity index (χ3n) is 4.81. The van der Waals surface area contributed by atoms with Crippen molar-refractivity contribution in [1.29, 1.82) is 0 Å². The quantitative estimate of drug-likeness (QED) is 0.770. The molecule has 0 saturated carbocycles. The Morgan fingerprint density at radius 3 is 2.56 bits per heavy atom. The molecule has 3 heterocycles. The topological polar surface area (TPSA) is 80.1 Å². The average Bonchev–Trinajstić information content (AvgIpc) is 3.21. The van der Waals surface area contributed by atoms with Crippen LogP contribution in [0.5, 0.6) is 0 Å². The van der Waals surface area contributed by atoms with E-state index >= 15 is 0 Å². The number of carbonyl (C=O) groups excluding carboxylic acids is 1. The highest BCUT2D eigenvalue weighted by atomic mass is 16.2. The van der Waals surface area contributed by atoms with E-state index in [0.717, 1.165) is 30.0 Å². The standard InChI is InChI=1S/C20H21N5O2/c1-14-16-6-2-3-7-17(16)20(27)25(23-14)13-19(26)22-15-8-9-18(21-12-15)24-10-4-5-11-24/h2-3,6-9,12H,4-5,10-11,13H2,1H3,(H,22,26). The van der Waals surface area contributed by atoms with Gasteiger partial charge in [-0.2, -0.15) is 5.10 Å². The van der Waals surface area contributed by atoms with Crippen molar-refractivity contribution in [3.05, 3.63) is 58.6 Å². The van der Waals surface area contributed by atoms with Crippen LogP contribution in [-0.4, -0.2) is 33.8 Å². The SMILES string of the molecule is Cc1nn(CC(=O)Nc2ccc(N3CCCC3)nc2)c(=O)c2ccccc12. The number of anilines is 2. The number of aromatic nitrogens is 3. The Morgan fingerprint density at radius 2 is 1.85 bits per heavy atom. The minimum atomic E-state index is -0.310. The van der Waals surface area contributed by atoms with Gasteiger partial charge in [0.05, 0.1) is 23.0 Å². The van der Waals surface area contributed by atoms with Crippen molar-refractivity contribution in [2.45, 2.75) is 26.3 Å². The lowest BCUT2D eigenvalue weighted by Gasteiger charge is -2.16. The zero-order chi connectivity index (χ0) is 18.8. The first-order chi connectivity index (χ1) is 13.1. The molecule has 27 heavy (non-hydrogen) atoms. The maximum absolute atomic E-state index is 12.6. The summed E-state index contributed by atoms with van der Waals surface area (Å²) in [7, 11) is 0. The fraction of sp³-hybridized carbons (Fsp3) is 0.300.